The van der Waals surface area contributed by atoms with Crippen LogP contribution in [0.3, 0.4) is 0 Å². The third-order valence-electron chi connectivity index (χ3n) is 4.44. The minimum atomic E-state index is -3.69. The molecule has 0 spiro atoms. The van der Waals surface area contributed by atoms with Crippen molar-refractivity contribution in [2.45, 2.75) is 48.9 Å². The van der Waals surface area contributed by atoms with Gasteiger partial charge in [0.2, 0.25) is 11.8 Å². The average molecular weight is 363 g/mol. The second kappa shape index (κ2) is 5.97. The van der Waals surface area contributed by atoms with E-state index in [0.717, 1.165) is 4.90 Å². The fourth-order valence-corrected chi connectivity index (χ4v) is 5.59. The summed E-state index contributed by atoms with van der Waals surface area (Å²) in [6.45, 7) is 2.77. The molecule has 0 aromatic rings. The average Bonchev–Trinajstić information content (AvgIpc) is 2.56. The molecule has 3 atom stereocenters. The maximum atomic E-state index is 12.5. The number of aliphatic carboxylic acids is 1. The Labute approximate surface area is 138 Å². The topological polar surface area (TPSA) is 124 Å². The van der Waals surface area contributed by atoms with E-state index in [1.807, 2.05) is 0 Å². The molecule has 2 fully saturated rings. The van der Waals surface area contributed by atoms with E-state index in [9.17, 15) is 27.9 Å². The predicted molar refractivity (Wildman–Crippen MR) is 82.0 cm³/mol. The molecule has 0 saturated carbocycles. The summed E-state index contributed by atoms with van der Waals surface area (Å²) in [5.41, 5.74) is 0. The van der Waals surface area contributed by atoms with Crippen molar-refractivity contribution < 1.29 is 27.9 Å². The SMILES string of the molecule is CSCC[C@H](NC(=O)[C@@H]1N2C(=O)C[C@H]2S(=O)(=O)C1(C)C)C(=O)[O-]. The van der Waals surface area contributed by atoms with Crippen LogP contribution in [0.25, 0.3) is 0 Å². The van der Waals surface area contributed by atoms with E-state index in [4.69, 9.17) is 0 Å². The molecule has 10 heteroatoms. The number of carboxylic acid groups (broad SMARTS) is 1. The van der Waals surface area contributed by atoms with Gasteiger partial charge < -0.3 is 20.1 Å². The van der Waals surface area contributed by atoms with Gasteiger partial charge in [0.15, 0.2) is 9.84 Å². The van der Waals surface area contributed by atoms with Gasteiger partial charge in [-0.1, -0.05) is 0 Å². The van der Waals surface area contributed by atoms with E-state index in [1.54, 1.807) is 6.26 Å². The molecule has 8 nitrogen and oxygen atoms in total. The van der Waals surface area contributed by atoms with Crippen molar-refractivity contribution in [1.82, 2.24) is 10.2 Å². The summed E-state index contributed by atoms with van der Waals surface area (Å²) in [6, 6.07) is -2.45. The number of hydrogen-bond donors (Lipinski definition) is 1. The zero-order valence-electron chi connectivity index (χ0n) is 13.1. The normalized spacial score (nSPS) is 28.7. The van der Waals surface area contributed by atoms with Crippen LogP contribution in [0.1, 0.15) is 26.7 Å². The zero-order valence-corrected chi connectivity index (χ0v) is 14.7. The van der Waals surface area contributed by atoms with Gasteiger partial charge in [-0.3, -0.25) is 9.59 Å². The Morgan fingerprint density at radius 2 is 2.09 bits per heavy atom. The maximum Gasteiger partial charge on any atom is 0.245 e. The number of sulfone groups is 1. The van der Waals surface area contributed by atoms with E-state index in [1.165, 1.54) is 25.6 Å². The molecule has 23 heavy (non-hydrogen) atoms. The monoisotopic (exact) mass is 363 g/mol. The van der Waals surface area contributed by atoms with Crippen molar-refractivity contribution >= 4 is 39.4 Å². The lowest BCUT2D eigenvalue weighted by atomic mass is 9.97. The molecule has 2 heterocycles. The molecule has 2 amide bonds. The molecule has 1 N–H and O–H groups in total. The molecule has 2 aliphatic heterocycles. The number of nitrogens with one attached hydrogen (secondary N) is 1. The molecule has 0 aliphatic carbocycles. The second-order valence-electron chi connectivity index (χ2n) is 6.17. The number of thioether (sulfide) groups is 1. The van der Waals surface area contributed by atoms with Crippen LogP contribution in [0.5, 0.6) is 0 Å². The van der Waals surface area contributed by atoms with Gasteiger partial charge in [-0.15, -0.1) is 0 Å². The summed E-state index contributed by atoms with van der Waals surface area (Å²) >= 11 is 1.42. The minimum absolute atomic E-state index is 0.133. The van der Waals surface area contributed by atoms with E-state index >= 15 is 0 Å². The highest BCUT2D eigenvalue weighted by atomic mass is 32.2. The Bertz CT molecular complexity index is 645. The summed E-state index contributed by atoms with van der Waals surface area (Å²) in [5, 5.41) is 12.5. The maximum absolute atomic E-state index is 12.5. The van der Waals surface area contributed by atoms with Crippen LogP contribution in [0.2, 0.25) is 0 Å². The van der Waals surface area contributed by atoms with Crippen LogP contribution in [-0.2, 0) is 24.2 Å². The molecule has 2 aliphatic rings. The summed E-state index contributed by atoms with van der Waals surface area (Å²) in [7, 11) is -3.69. The molecule has 0 unspecified atom stereocenters. The number of amides is 2. The highest BCUT2D eigenvalue weighted by Crippen LogP contribution is 2.45. The van der Waals surface area contributed by atoms with Crippen molar-refractivity contribution in [3.8, 4) is 0 Å². The molecule has 0 bridgehead atoms. The molecular formula is C13H19N2O6S2-. The van der Waals surface area contributed by atoms with Gasteiger partial charge >= 0.3 is 0 Å². The molecule has 0 aromatic carbocycles. The highest BCUT2D eigenvalue weighted by Gasteiger charge is 2.67. The van der Waals surface area contributed by atoms with E-state index in [-0.39, 0.29) is 12.8 Å². The first-order valence-corrected chi connectivity index (χ1v) is 10.0. The van der Waals surface area contributed by atoms with Crippen molar-refractivity contribution in [3.05, 3.63) is 0 Å². The summed E-state index contributed by atoms with van der Waals surface area (Å²) in [6.07, 6.45) is 1.82. The lowest BCUT2D eigenvalue weighted by molar-refractivity contribution is -0.308. The molecular weight excluding hydrogens is 344 g/mol. The first-order valence-electron chi connectivity index (χ1n) is 7.10. The first-order chi connectivity index (χ1) is 10.6. The standard InChI is InChI=1S/C13H20N2O6S2/c1-13(2)10(15-8(16)6-9(15)23(13,20)21)11(17)14-7(12(18)19)4-5-22-3/h7,9-10H,4-6H2,1-3H3,(H,14,17)(H,18,19)/p-1/t7-,9+,10-/m0/s1. The molecule has 2 saturated heterocycles. The predicted octanol–water partition coefficient (Wildman–Crippen LogP) is -1.89. The zero-order chi connectivity index (χ0) is 17.6. The van der Waals surface area contributed by atoms with Crippen LogP contribution in [-0.4, -0.2) is 65.3 Å². The molecule has 2 rings (SSSR count). The Morgan fingerprint density at radius 3 is 2.57 bits per heavy atom. The lowest BCUT2D eigenvalue weighted by Gasteiger charge is -2.37. The minimum Gasteiger partial charge on any atom is -0.548 e. The van der Waals surface area contributed by atoms with Crippen molar-refractivity contribution in [2.24, 2.45) is 0 Å². The number of nitrogens with zero attached hydrogens (tertiary/aromatic N) is 1. The number of hydrogen-bond acceptors (Lipinski definition) is 7. The highest BCUT2D eigenvalue weighted by molar-refractivity contribution is 7.98. The smallest absolute Gasteiger partial charge is 0.245 e. The van der Waals surface area contributed by atoms with Crippen molar-refractivity contribution in [3.63, 3.8) is 0 Å². The van der Waals surface area contributed by atoms with Gasteiger partial charge in [-0.2, -0.15) is 11.8 Å². The molecule has 130 valence electrons. The largest absolute Gasteiger partial charge is 0.548 e. The summed E-state index contributed by atoms with van der Waals surface area (Å²) < 4.78 is 23.4. The number of rotatable bonds is 6. The van der Waals surface area contributed by atoms with Crippen molar-refractivity contribution in [1.29, 1.82) is 0 Å². The van der Waals surface area contributed by atoms with E-state index < -0.39 is 49.8 Å². The number of fused-ring (bicyclic) bond motifs is 1. The second-order valence-corrected chi connectivity index (χ2v) is 9.84. The first kappa shape index (κ1) is 18.1. The van der Waals surface area contributed by atoms with Gasteiger partial charge in [0.25, 0.3) is 0 Å². The van der Waals surface area contributed by atoms with Gasteiger partial charge in [-0.25, -0.2) is 8.42 Å². The van der Waals surface area contributed by atoms with Gasteiger partial charge in [-0.05, 0) is 32.3 Å². The lowest BCUT2D eigenvalue weighted by Crippen LogP contribution is -2.61. The van der Waals surface area contributed by atoms with Crippen LogP contribution in [0.15, 0.2) is 0 Å². The van der Waals surface area contributed by atoms with Crippen LogP contribution >= 0.6 is 11.8 Å². The number of carbonyl (C=O) groups is 3. The van der Waals surface area contributed by atoms with Crippen LogP contribution < -0.4 is 10.4 Å². The third-order valence-corrected chi connectivity index (χ3v) is 7.88. The van der Waals surface area contributed by atoms with Crippen LogP contribution in [0, 0.1) is 0 Å². The van der Waals surface area contributed by atoms with Gasteiger partial charge in [0, 0.05) is 0 Å². The summed E-state index contributed by atoms with van der Waals surface area (Å²) in [4.78, 5) is 36.4. The van der Waals surface area contributed by atoms with E-state index in [2.05, 4.69) is 5.32 Å². The third kappa shape index (κ3) is 2.71. The Morgan fingerprint density at radius 1 is 1.48 bits per heavy atom. The van der Waals surface area contributed by atoms with Gasteiger partial charge in [0.1, 0.15) is 11.4 Å². The fourth-order valence-electron chi connectivity index (χ4n) is 2.99. The van der Waals surface area contributed by atoms with E-state index in [0.29, 0.717) is 5.75 Å². The van der Waals surface area contributed by atoms with Crippen molar-refractivity contribution in [2.75, 3.05) is 12.0 Å². The Kier molecular flexibility index (Phi) is 4.69. The number of β-lactam (4-membered cyclic amide) rings is 1. The Hall–Kier alpha value is -1.29. The number of carbonyl (C=O) groups excluding carboxylic acids is 3. The van der Waals surface area contributed by atoms with Gasteiger partial charge in [0.05, 0.1) is 23.2 Å². The summed E-state index contributed by atoms with van der Waals surface area (Å²) in [5.74, 6) is -2.13. The Balaban J connectivity index is 2.24. The molecule has 0 radical (unpaired) electrons. The molecule has 0 aromatic heterocycles. The quantitative estimate of drug-likeness (QED) is 0.547. The van der Waals surface area contributed by atoms with Crippen LogP contribution in [0.4, 0.5) is 0 Å². The fraction of sp³-hybridized carbons (Fsp3) is 0.769. The number of carboxylic acids is 1.